The number of nitrogens with zero attached hydrogens (tertiary/aromatic N) is 1. The lowest BCUT2D eigenvalue weighted by atomic mass is 10.2. The highest BCUT2D eigenvalue weighted by Crippen LogP contribution is 2.25. The van der Waals surface area contributed by atoms with Gasteiger partial charge in [0.25, 0.3) is 0 Å². The molecular weight excluding hydrogens is 250 g/mol. The van der Waals surface area contributed by atoms with E-state index in [1.807, 2.05) is 0 Å². The quantitative estimate of drug-likeness (QED) is 0.465. The Kier molecular flexibility index (Phi) is 4.86. The summed E-state index contributed by atoms with van der Waals surface area (Å²) in [6, 6.07) is 6.03. The molecule has 0 spiro atoms. The molecule has 0 fully saturated rings. The van der Waals surface area contributed by atoms with Crippen molar-refractivity contribution in [2.45, 2.75) is 32.8 Å². The number of benzene rings is 1. The van der Waals surface area contributed by atoms with Crippen LogP contribution in [0.1, 0.15) is 27.2 Å². The largest absolute Gasteiger partial charge is 0.486 e. The number of nitro groups is 1. The second kappa shape index (κ2) is 6.17. The van der Waals surface area contributed by atoms with E-state index in [-0.39, 0.29) is 24.5 Å². The van der Waals surface area contributed by atoms with Crippen LogP contribution in [0.4, 0.5) is 5.69 Å². The Hall–Kier alpha value is -2.11. The van der Waals surface area contributed by atoms with Gasteiger partial charge < -0.3 is 9.47 Å². The van der Waals surface area contributed by atoms with Gasteiger partial charge in [0.2, 0.25) is 0 Å². The van der Waals surface area contributed by atoms with E-state index < -0.39 is 16.5 Å². The summed E-state index contributed by atoms with van der Waals surface area (Å²) in [6.45, 7) is 5.36. The van der Waals surface area contributed by atoms with Crippen molar-refractivity contribution in [2.24, 2.45) is 0 Å². The van der Waals surface area contributed by atoms with Crippen molar-refractivity contribution >= 4 is 11.7 Å². The van der Waals surface area contributed by atoms with E-state index in [2.05, 4.69) is 0 Å². The first kappa shape index (κ1) is 14.9. The van der Waals surface area contributed by atoms with Crippen LogP contribution in [0.5, 0.6) is 5.75 Å². The van der Waals surface area contributed by atoms with Crippen molar-refractivity contribution in [1.29, 1.82) is 0 Å². The van der Waals surface area contributed by atoms with E-state index in [4.69, 9.17) is 9.47 Å². The summed E-state index contributed by atoms with van der Waals surface area (Å²) in [5.74, 6) is -0.248. The van der Waals surface area contributed by atoms with E-state index in [0.717, 1.165) is 0 Å². The number of nitro benzene ring substituents is 1. The summed E-state index contributed by atoms with van der Waals surface area (Å²) >= 11 is 0. The fraction of sp³-hybridized carbons (Fsp3) is 0.462. The van der Waals surface area contributed by atoms with Gasteiger partial charge in [-0.05, 0) is 26.8 Å². The van der Waals surface area contributed by atoms with Gasteiger partial charge in [-0.25, -0.2) is 0 Å². The molecule has 19 heavy (non-hydrogen) atoms. The van der Waals surface area contributed by atoms with Crippen molar-refractivity contribution in [3.05, 3.63) is 34.4 Å². The molecule has 0 heterocycles. The summed E-state index contributed by atoms with van der Waals surface area (Å²) < 4.78 is 10.3. The minimum atomic E-state index is -0.546. The van der Waals surface area contributed by atoms with Crippen LogP contribution in [0, 0.1) is 10.1 Å². The standard InChI is InChI=1S/C13H17NO5/c1-13(2,3)19-12(15)8-9-18-11-7-5-4-6-10(11)14(16)17/h4-7H,8-9H2,1-3H3. The van der Waals surface area contributed by atoms with Crippen LogP contribution in [0.3, 0.4) is 0 Å². The van der Waals surface area contributed by atoms with Gasteiger partial charge in [-0.15, -0.1) is 0 Å². The zero-order chi connectivity index (χ0) is 14.5. The van der Waals surface area contributed by atoms with E-state index in [1.54, 1.807) is 32.9 Å². The zero-order valence-electron chi connectivity index (χ0n) is 11.2. The average molecular weight is 267 g/mol. The number of ether oxygens (including phenoxy) is 2. The lowest BCUT2D eigenvalue weighted by Crippen LogP contribution is -2.24. The predicted molar refractivity (Wildman–Crippen MR) is 69.1 cm³/mol. The van der Waals surface area contributed by atoms with Crippen molar-refractivity contribution in [3.63, 3.8) is 0 Å². The second-order valence-corrected chi connectivity index (χ2v) is 4.91. The molecule has 6 heteroatoms. The summed E-state index contributed by atoms with van der Waals surface area (Å²) in [5.41, 5.74) is -0.665. The van der Waals surface area contributed by atoms with Gasteiger partial charge in [0.15, 0.2) is 5.75 Å². The van der Waals surface area contributed by atoms with Crippen LogP contribution in [0.25, 0.3) is 0 Å². The molecule has 0 saturated carbocycles. The Morgan fingerprint density at radius 3 is 2.53 bits per heavy atom. The summed E-state index contributed by atoms with van der Waals surface area (Å²) in [5, 5.41) is 10.7. The van der Waals surface area contributed by atoms with E-state index in [9.17, 15) is 14.9 Å². The summed E-state index contributed by atoms with van der Waals surface area (Å²) in [6.07, 6.45) is 0.0450. The number of rotatable bonds is 5. The van der Waals surface area contributed by atoms with Gasteiger partial charge >= 0.3 is 11.7 Å². The molecule has 0 radical (unpaired) electrons. The Morgan fingerprint density at radius 2 is 1.95 bits per heavy atom. The van der Waals surface area contributed by atoms with E-state index in [1.165, 1.54) is 12.1 Å². The molecule has 1 aromatic carbocycles. The fourth-order valence-electron chi connectivity index (χ4n) is 1.37. The Balaban J connectivity index is 2.50. The summed E-state index contributed by atoms with van der Waals surface area (Å²) in [4.78, 5) is 21.6. The molecule has 0 unspecified atom stereocenters. The van der Waals surface area contributed by atoms with Crippen LogP contribution in [0.2, 0.25) is 0 Å². The number of carbonyl (C=O) groups excluding carboxylic acids is 1. The number of hydrogen-bond acceptors (Lipinski definition) is 5. The monoisotopic (exact) mass is 267 g/mol. The molecule has 0 atom stereocenters. The first-order valence-electron chi connectivity index (χ1n) is 5.87. The lowest BCUT2D eigenvalue weighted by molar-refractivity contribution is -0.385. The predicted octanol–water partition coefficient (Wildman–Crippen LogP) is 2.71. The van der Waals surface area contributed by atoms with Crippen LogP contribution in [-0.4, -0.2) is 23.1 Å². The molecule has 0 aromatic heterocycles. The molecule has 1 rings (SSSR count). The zero-order valence-corrected chi connectivity index (χ0v) is 11.2. The lowest BCUT2D eigenvalue weighted by Gasteiger charge is -2.19. The topological polar surface area (TPSA) is 78.7 Å². The highest BCUT2D eigenvalue weighted by molar-refractivity contribution is 5.70. The third-order valence-corrected chi connectivity index (χ3v) is 2.05. The molecule has 0 N–H and O–H groups in total. The van der Waals surface area contributed by atoms with Crippen molar-refractivity contribution in [3.8, 4) is 5.75 Å². The molecule has 0 saturated heterocycles. The van der Waals surface area contributed by atoms with E-state index in [0.29, 0.717) is 0 Å². The van der Waals surface area contributed by atoms with Gasteiger partial charge in [-0.1, -0.05) is 12.1 Å². The molecule has 0 aliphatic carbocycles. The third kappa shape index (κ3) is 5.37. The summed E-state index contributed by atoms with van der Waals surface area (Å²) in [7, 11) is 0. The van der Waals surface area contributed by atoms with Crippen LogP contribution in [0.15, 0.2) is 24.3 Å². The number of esters is 1. The maximum atomic E-state index is 11.4. The minimum absolute atomic E-state index is 0.0414. The molecule has 0 aliphatic heterocycles. The van der Waals surface area contributed by atoms with Gasteiger partial charge in [0, 0.05) is 6.07 Å². The average Bonchev–Trinajstić information content (AvgIpc) is 2.27. The van der Waals surface area contributed by atoms with Crippen LogP contribution >= 0.6 is 0 Å². The third-order valence-electron chi connectivity index (χ3n) is 2.05. The normalized spacial score (nSPS) is 10.9. The Bertz CT molecular complexity index is 464. The second-order valence-electron chi connectivity index (χ2n) is 4.91. The first-order valence-corrected chi connectivity index (χ1v) is 5.87. The maximum Gasteiger partial charge on any atom is 0.310 e. The molecular formula is C13H17NO5. The minimum Gasteiger partial charge on any atom is -0.486 e. The van der Waals surface area contributed by atoms with Crippen LogP contribution < -0.4 is 4.74 Å². The Labute approximate surface area is 111 Å². The van der Waals surface area contributed by atoms with Gasteiger partial charge in [-0.3, -0.25) is 14.9 Å². The molecule has 0 bridgehead atoms. The number of carbonyl (C=O) groups is 1. The van der Waals surface area contributed by atoms with E-state index >= 15 is 0 Å². The fourth-order valence-corrected chi connectivity index (χ4v) is 1.37. The highest BCUT2D eigenvalue weighted by Gasteiger charge is 2.17. The molecule has 104 valence electrons. The highest BCUT2D eigenvalue weighted by atomic mass is 16.6. The van der Waals surface area contributed by atoms with Crippen LogP contribution in [-0.2, 0) is 9.53 Å². The van der Waals surface area contributed by atoms with Gasteiger partial charge in [0.1, 0.15) is 5.60 Å². The first-order chi connectivity index (χ1) is 8.79. The van der Waals surface area contributed by atoms with Crippen molar-refractivity contribution < 1.29 is 19.2 Å². The smallest absolute Gasteiger partial charge is 0.310 e. The van der Waals surface area contributed by atoms with Gasteiger partial charge in [0.05, 0.1) is 18.0 Å². The Morgan fingerprint density at radius 1 is 1.32 bits per heavy atom. The molecule has 0 aliphatic rings. The maximum absolute atomic E-state index is 11.4. The molecule has 1 aromatic rings. The number of para-hydroxylation sites is 2. The molecule has 0 amide bonds. The van der Waals surface area contributed by atoms with Crippen molar-refractivity contribution in [2.75, 3.05) is 6.61 Å². The van der Waals surface area contributed by atoms with Gasteiger partial charge in [-0.2, -0.15) is 0 Å². The van der Waals surface area contributed by atoms with Crippen molar-refractivity contribution in [1.82, 2.24) is 0 Å². The SMILES string of the molecule is CC(C)(C)OC(=O)CCOc1ccccc1[N+](=O)[O-]. The molecule has 6 nitrogen and oxygen atoms in total. The number of hydrogen-bond donors (Lipinski definition) is 0.